The van der Waals surface area contributed by atoms with Crippen LogP contribution >= 0.6 is 0 Å². The van der Waals surface area contributed by atoms with Crippen LogP contribution < -0.4 is 5.32 Å². The monoisotopic (exact) mass is 255 g/mol. The van der Waals surface area contributed by atoms with Gasteiger partial charge in [-0.15, -0.1) is 0 Å². The quantitative estimate of drug-likeness (QED) is 0.806. The summed E-state index contributed by atoms with van der Waals surface area (Å²) in [7, 11) is 0. The predicted molar refractivity (Wildman–Crippen MR) is 76.7 cm³/mol. The third-order valence-corrected chi connectivity index (χ3v) is 3.25. The zero-order chi connectivity index (χ0) is 14.0. The van der Waals surface area contributed by atoms with Gasteiger partial charge in [0.1, 0.15) is 5.75 Å². The second kappa shape index (κ2) is 5.14. The fraction of sp³-hybridized carbons (Fsp3) is 0.188. The van der Waals surface area contributed by atoms with Crippen LogP contribution in [-0.2, 0) is 0 Å². The van der Waals surface area contributed by atoms with E-state index >= 15 is 0 Å². The summed E-state index contributed by atoms with van der Waals surface area (Å²) in [5, 5.41) is 12.5. The average Bonchev–Trinajstić information content (AvgIpc) is 2.36. The molecule has 98 valence electrons. The van der Waals surface area contributed by atoms with Crippen molar-refractivity contribution in [1.29, 1.82) is 0 Å². The van der Waals surface area contributed by atoms with Gasteiger partial charge >= 0.3 is 0 Å². The number of hydrogen-bond acceptors (Lipinski definition) is 2. The Morgan fingerprint density at radius 1 is 1.11 bits per heavy atom. The van der Waals surface area contributed by atoms with Crippen LogP contribution in [0.3, 0.4) is 0 Å². The van der Waals surface area contributed by atoms with Crippen molar-refractivity contribution in [2.45, 2.75) is 20.8 Å². The molecule has 19 heavy (non-hydrogen) atoms. The number of rotatable bonds is 2. The number of hydrogen-bond donors (Lipinski definition) is 2. The third kappa shape index (κ3) is 2.76. The molecule has 0 atom stereocenters. The molecular formula is C16H17NO2. The van der Waals surface area contributed by atoms with Crippen molar-refractivity contribution >= 4 is 11.6 Å². The molecule has 3 heteroatoms. The van der Waals surface area contributed by atoms with E-state index in [1.807, 2.05) is 39.0 Å². The summed E-state index contributed by atoms with van der Waals surface area (Å²) in [5.74, 6) is -0.126. The highest BCUT2D eigenvalue weighted by molar-refractivity contribution is 6.06. The molecule has 0 bridgehead atoms. The van der Waals surface area contributed by atoms with E-state index in [9.17, 15) is 9.90 Å². The molecule has 0 aliphatic carbocycles. The SMILES string of the molecule is Cc1ccc(NC(=O)c2cccc(C)c2C)c(O)c1. The van der Waals surface area contributed by atoms with Gasteiger partial charge in [0.15, 0.2) is 0 Å². The van der Waals surface area contributed by atoms with Gasteiger partial charge in [-0.2, -0.15) is 0 Å². The first-order valence-electron chi connectivity index (χ1n) is 6.16. The Balaban J connectivity index is 2.28. The minimum atomic E-state index is -0.208. The van der Waals surface area contributed by atoms with Crippen LogP contribution in [0.5, 0.6) is 5.75 Å². The normalized spacial score (nSPS) is 10.3. The number of aromatic hydroxyl groups is 1. The van der Waals surface area contributed by atoms with E-state index in [2.05, 4.69) is 5.32 Å². The number of benzene rings is 2. The number of anilines is 1. The molecule has 0 fully saturated rings. The highest BCUT2D eigenvalue weighted by Gasteiger charge is 2.12. The molecule has 0 aliphatic heterocycles. The van der Waals surface area contributed by atoms with Crippen molar-refractivity contribution < 1.29 is 9.90 Å². The lowest BCUT2D eigenvalue weighted by molar-refractivity contribution is 0.102. The van der Waals surface area contributed by atoms with Gasteiger partial charge in [0.2, 0.25) is 0 Å². The van der Waals surface area contributed by atoms with E-state index in [0.717, 1.165) is 16.7 Å². The predicted octanol–water partition coefficient (Wildman–Crippen LogP) is 3.57. The van der Waals surface area contributed by atoms with Crippen LogP contribution in [-0.4, -0.2) is 11.0 Å². The number of carbonyl (C=O) groups is 1. The van der Waals surface area contributed by atoms with Crippen molar-refractivity contribution in [3.63, 3.8) is 0 Å². The number of nitrogens with one attached hydrogen (secondary N) is 1. The van der Waals surface area contributed by atoms with E-state index in [1.165, 1.54) is 0 Å². The number of carbonyl (C=O) groups excluding carboxylic acids is 1. The zero-order valence-electron chi connectivity index (χ0n) is 11.3. The Kier molecular flexibility index (Phi) is 3.56. The number of phenols is 1. The van der Waals surface area contributed by atoms with Crippen molar-refractivity contribution in [3.8, 4) is 5.75 Å². The lowest BCUT2D eigenvalue weighted by Crippen LogP contribution is -2.14. The molecule has 2 rings (SSSR count). The molecule has 0 unspecified atom stereocenters. The fourth-order valence-electron chi connectivity index (χ4n) is 1.93. The summed E-state index contributed by atoms with van der Waals surface area (Å²) in [5.41, 5.74) is 4.02. The summed E-state index contributed by atoms with van der Waals surface area (Å²) < 4.78 is 0. The van der Waals surface area contributed by atoms with Gasteiger partial charge in [0.25, 0.3) is 5.91 Å². The molecule has 2 aromatic rings. The second-order valence-electron chi connectivity index (χ2n) is 4.72. The molecule has 1 amide bonds. The maximum Gasteiger partial charge on any atom is 0.256 e. The van der Waals surface area contributed by atoms with Crippen LogP contribution in [0.15, 0.2) is 36.4 Å². The zero-order valence-corrected chi connectivity index (χ0v) is 11.3. The van der Waals surface area contributed by atoms with Crippen LogP contribution in [0, 0.1) is 20.8 Å². The molecule has 0 heterocycles. The number of phenolic OH excluding ortho intramolecular Hbond substituents is 1. The van der Waals surface area contributed by atoms with Gasteiger partial charge in [-0.25, -0.2) is 0 Å². The molecule has 0 radical (unpaired) electrons. The standard InChI is InChI=1S/C16H17NO2/c1-10-7-8-14(15(18)9-10)17-16(19)13-6-4-5-11(2)12(13)3/h4-9,18H,1-3H3,(H,17,19). The van der Waals surface area contributed by atoms with Crippen molar-refractivity contribution in [1.82, 2.24) is 0 Å². The van der Waals surface area contributed by atoms with Gasteiger partial charge in [0, 0.05) is 5.56 Å². The van der Waals surface area contributed by atoms with Crippen LogP contribution in [0.1, 0.15) is 27.0 Å². The van der Waals surface area contributed by atoms with Crippen molar-refractivity contribution in [2.24, 2.45) is 0 Å². The largest absolute Gasteiger partial charge is 0.506 e. The molecule has 2 aromatic carbocycles. The Hall–Kier alpha value is -2.29. The molecule has 3 nitrogen and oxygen atoms in total. The lowest BCUT2D eigenvalue weighted by atomic mass is 10.0. The van der Waals surface area contributed by atoms with Gasteiger partial charge < -0.3 is 10.4 Å². The van der Waals surface area contributed by atoms with Crippen molar-refractivity contribution in [3.05, 3.63) is 58.7 Å². The van der Waals surface area contributed by atoms with Gasteiger partial charge in [0.05, 0.1) is 5.69 Å². The minimum Gasteiger partial charge on any atom is -0.506 e. The van der Waals surface area contributed by atoms with Crippen LogP contribution in [0.25, 0.3) is 0 Å². The smallest absolute Gasteiger partial charge is 0.256 e. The maximum absolute atomic E-state index is 12.2. The first-order valence-corrected chi connectivity index (χ1v) is 6.16. The van der Waals surface area contributed by atoms with Crippen molar-refractivity contribution in [2.75, 3.05) is 5.32 Å². The van der Waals surface area contributed by atoms with E-state index in [0.29, 0.717) is 11.3 Å². The fourth-order valence-corrected chi connectivity index (χ4v) is 1.93. The van der Waals surface area contributed by atoms with E-state index in [1.54, 1.807) is 18.2 Å². The summed E-state index contributed by atoms with van der Waals surface area (Å²) in [6.07, 6.45) is 0. The molecule has 0 spiro atoms. The molecule has 0 aliphatic rings. The topological polar surface area (TPSA) is 49.3 Å². The highest BCUT2D eigenvalue weighted by atomic mass is 16.3. The molecule has 0 saturated heterocycles. The summed E-state index contributed by atoms with van der Waals surface area (Å²) in [4.78, 5) is 12.2. The third-order valence-electron chi connectivity index (χ3n) is 3.25. The van der Waals surface area contributed by atoms with Crippen LogP contribution in [0.2, 0.25) is 0 Å². The van der Waals surface area contributed by atoms with E-state index in [4.69, 9.17) is 0 Å². The Morgan fingerprint density at radius 2 is 1.84 bits per heavy atom. The Bertz CT molecular complexity index is 633. The number of amides is 1. The molecular weight excluding hydrogens is 238 g/mol. The van der Waals surface area contributed by atoms with E-state index < -0.39 is 0 Å². The lowest BCUT2D eigenvalue weighted by Gasteiger charge is -2.11. The van der Waals surface area contributed by atoms with E-state index in [-0.39, 0.29) is 11.7 Å². The van der Waals surface area contributed by atoms with Gasteiger partial charge in [-0.3, -0.25) is 4.79 Å². The van der Waals surface area contributed by atoms with Gasteiger partial charge in [-0.1, -0.05) is 18.2 Å². The number of aryl methyl sites for hydroxylation is 2. The summed E-state index contributed by atoms with van der Waals surface area (Å²) >= 11 is 0. The summed E-state index contributed by atoms with van der Waals surface area (Å²) in [6.45, 7) is 5.77. The minimum absolute atomic E-state index is 0.0821. The maximum atomic E-state index is 12.2. The first-order chi connectivity index (χ1) is 8.99. The van der Waals surface area contributed by atoms with Crippen LogP contribution in [0.4, 0.5) is 5.69 Å². The average molecular weight is 255 g/mol. The molecule has 0 aromatic heterocycles. The van der Waals surface area contributed by atoms with Gasteiger partial charge in [-0.05, 0) is 55.7 Å². The molecule has 2 N–H and O–H groups in total. The first kappa shape index (κ1) is 13.1. The second-order valence-corrected chi connectivity index (χ2v) is 4.72. The summed E-state index contributed by atoms with van der Waals surface area (Å²) in [6, 6.07) is 10.8. The molecule has 0 saturated carbocycles. The Labute approximate surface area is 112 Å². The Morgan fingerprint density at radius 3 is 2.53 bits per heavy atom. The highest BCUT2D eigenvalue weighted by Crippen LogP contribution is 2.25.